The van der Waals surface area contributed by atoms with E-state index in [4.69, 9.17) is 27.1 Å². The molecule has 1 N–H and O–H groups in total. The summed E-state index contributed by atoms with van der Waals surface area (Å²) in [7, 11) is -4.66. The SMILES string of the molecule is C#Cc1cccc(C2=NC(=C3C=C(c4[nH]c(-c5cccc(C#C)c5)c(CC)c4CC)O[B-](F)(F)O3)C(CC)=C2CC)c1. The topological polar surface area (TPSA) is 46.6 Å². The molecule has 0 unspecified atom stereocenters. The van der Waals surface area contributed by atoms with Crippen molar-refractivity contribution in [1.29, 1.82) is 0 Å². The molecule has 0 bridgehead atoms. The lowest BCUT2D eigenvalue weighted by atomic mass is 9.94. The number of nitrogens with zero attached hydrogens (tertiary/aromatic N) is 1. The second-order valence-corrected chi connectivity index (χ2v) is 10.1. The van der Waals surface area contributed by atoms with Crippen LogP contribution in [0.25, 0.3) is 17.0 Å². The van der Waals surface area contributed by atoms with Gasteiger partial charge in [0.15, 0.2) is 0 Å². The second kappa shape index (κ2) is 11.6. The molecule has 42 heavy (non-hydrogen) atoms. The lowest BCUT2D eigenvalue weighted by molar-refractivity contribution is 0.171. The molecule has 0 fully saturated rings. The summed E-state index contributed by atoms with van der Waals surface area (Å²) in [6.45, 7) is 8.05. The molecule has 3 heterocycles. The first-order chi connectivity index (χ1) is 20.3. The van der Waals surface area contributed by atoms with Crippen LogP contribution >= 0.6 is 0 Å². The first kappa shape index (κ1) is 28.8. The molecule has 5 rings (SSSR count). The first-order valence-corrected chi connectivity index (χ1v) is 14.3. The number of aliphatic imine (C=N–C) groups is 1. The minimum atomic E-state index is -4.66. The summed E-state index contributed by atoms with van der Waals surface area (Å²) < 4.78 is 40.9. The summed E-state index contributed by atoms with van der Waals surface area (Å²) >= 11 is 0. The molecule has 0 amide bonds. The highest BCUT2D eigenvalue weighted by Crippen LogP contribution is 2.42. The summed E-state index contributed by atoms with van der Waals surface area (Å²) in [4.78, 5) is 8.28. The Hall–Kier alpha value is -4.75. The predicted octanol–water partition coefficient (Wildman–Crippen LogP) is 8.36. The smallest absolute Gasteiger partial charge is 0.626 e. The van der Waals surface area contributed by atoms with Gasteiger partial charge in [0.2, 0.25) is 0 Å². The van der Waals surface area contributed by atoms with Crippen molar-refractivity contribution in [3.05, 3.63) is 111 Å². The maximum Gasteiger partial charge on any atom is 0.726 e. The van der Waals surface area contributed by atoms with Crippen LogP contribution in [0, 0.1) is 24.7 Å². The molecule has 0 radical (unpaired) electrons. The van der Waals surface area contributed by atoms with E-state index in [1.54, 1.807) is 0 Å². The zero-order valence-electron chi connectivity index (χ0n) is 24.3. The number of rotatable bonds is 7. The third-order valence-corrected chi connectivity index (χ3v) is 7.68. The molecule has 3 aromatic rings. The highest BCUT2D eigenvalue weighted by molar-refractivity contribution is 6.53. The number of benzene rings is 2. The number of aromatic amines is 1. The number of H-pyrrole nitrogens is 1. The van der Waals surface area contributed by atoms with E-state index in [1.165, 1.54) is 6.08 Å². The fraction of sp³-hybridized carbons (Fsp3) is 0.229. The van der Waals surface area contributed by atoms with Crippen molar-refractivity contribution in [2.24, 2.45) is 4.99 Å². The van der Waals surface area contributed by atoms with Gasteiger partial charge in [0.05, 0.1) is 11.4 Å². The first-order valence-electron chi connectivity index (χ1n) is 14.3. The maximum atomic E-state index is 15.2. The van der Waals surface area contributed by atoms with Crippen molar-refractivity contribution >= 4 is 18.6 Å². The number of terminal acetylenes is 2. The molecule has 0 atom stereocenters. The van der Waals surface area contributed by atoms with Gasteiger partial charge >= 0.3 is 7.11 Å². The van der Waals surface area contributed by atoms with Gasteiger partial charge in [-0.1, -0.05) is 63.8 Å². The van der Waals surface area contributed by atoms with Crippen LogP contribution in [0.1, 0.15) is 74.0 Å². The average molecular weight is 561 g/mol. The Kier molecular flexibility index (Phi) is 7.96. The minimum absolute atomic E-state index is 0.0160. The lowest BCUT2D eigenvalue weighted by Gasteiger charge is -2.35. The van der Waals surface area contributed by atoms with Crippen LogP contribution in [0.3, 0.4) is 0 Å². The van der Waals surface area contributed by atoms with Gasteiger partial charge in [0.1, 0.15) is 17.2 Å². The van der Waals surface area contributed by atoms with Gasteiger partial charge in [-0.3, -0.25) is 0 Å². The fourth-order valence-electron chi connectivity index (χ4n) is 5.83. The van der Waals surface area contributed by atoms with Crippen molar-refractivity contribution in [2.75, 3.05) is 0 Å². The summed E-state index contributed by atoms with van der Waals surface area (Å²) in [6.07, 6.45) is 15.4. The van der Waals surface area contributed by atoms with Gasteiger partial charge < -0.3 is 22.9 Å². The third kappa shape index (κ3) is 5.19. The monoisotopic (exact) mass is 561 g/mol. The molecular weight excluding hydrogens is 529 g/mol. The zero-order chi connectivity index (χ0) is 30.0. The molecule has 2 aliphatic heterocycles. The van der Waals surface area contributed by atoms with E-state index in [0.717, 1.165) is 50.2 Å². The van der Waals surface area contributed by atoms with Crippen LogP contribution in [0.5, 0.6) is 0 Å². The summed E-state index contributed by atoms with van der Waals surface area (Å²) in [5.74, 6) is 5.32. The molecule has 2 aromatic carbocycles. The van der Waals surface area contributed by atoms with E-state index in [9.17, 15) is 0 Å². The third-order valence-electron chi connectivity index (χ3n) is 7.68. The quantitative estimate of drug-likeness (QED) is 0.233. The van der Waals surface area contributed by atoms with E-state index >= 15 is 8.63 Å². The number of hydrogen-bond donors (Lipinski definition) is 1. The van der Waals surface area contributed by atoms with Crippen molar-refractivity contribution in [2.45, 2.75) is 53.4 Å². The second-order valence-electron chi connectivity index (χ2n) is 10.1. The number of hydrogen-bond acceptors (Lipinski definition) is 3. The Labute approximate surface area is 246 Å². The highest BCUT2D eigenvalue weighted by Gasteiger charge is 2.41. The standard InChI is InChI=1S/C35H32BF2N2O2/c1-7-22-15-13-17-24(19-22)32-26(9-3)28(11-5)34(39-32)30-21-31(42-36(37,38)41-30)35-29(12-6)27(10-4)33(40-35)25-18-14-16-23(8-2)20-25/h1-2,13-21,39H,9-12H2,3-6H3/q-1. The zero-order valence-corrected chi connectivity index (χ0v) is 24.3. The van der Waals surface area contributed by atoms with Crippen LogP contribution < -0.4 is 0 Å². The molecule has 0 aliphatic carbocycles. The number of allylic oxidation sites excluding steroid dienone is 3. The molecule has 0 saturated heterocycles. The Morgan fingerprint density at radius 3 is 1.98 bits per heavy atom. The number of aromatic nitrogens is 1. The minimum Gasteiger partial charge on any atom is -0.626 e. The van der Waals surface area contributed by atoms with E-state index in [-0.39, 0.29) is 11.5 Å². The van der Waals surface area contributed by atoms with Gasteiger partial charge in [-0.05, 0) is 77.8 Å². The molecule has 4 nitrogen and oxygen atoms in total. The number of halogens is 2. The van der Waals surface area contributed by atoms with Crippen LogP contribution in [-0.2, 0) is 22.2 Å². The predicted molar refractivity (Wildman–Crippen MR) is 167 cm³/mol. The van der Waals surface area contributed by atoms with Crippen LogP contribution in [0.2, 0.25) is 0 Å². The maximum absolute atomic E-state index is 15.2. The van der Waals surface area contributed by atoms with Crippen molar-refractivity contribution in [1.82, 2.24) is 4.98 Å². The van der Waals surface area contributed by atoms with Crippen LogP contribution in [0.15, 0.2) is 82.2 Å². The molecule has 212 valence electrons. The summed E-state index contributed by atoms with van der Waals surface area (Å²) in [6, 6.07) is 15.1. The van der Waals surface area contributed by atoms with E-state index in [1.807, 2.05) is 76.2 Å². The molecular formula is C35H32BF2N2O2-. The Bertz CT molecular complexity index is 1780. The van der Waals surface area contributed by atoms with E-state index < -0.39 is 7.11 Å². The molecule has 7 heteroatoms. The van der Waals surface area contributed by atoms with E-state index in [0.29, 0.717) is 42.8 Å². The Morgan fingerprint density at radius 1 is 0.786 bits per heavy atom. The van der Waals surface area contributed by atoms with Crippen LogP contribution in [-0.4, -0.2) is 17.8 Å². The van der Waals surface area contributed by atoms with Gasteiger partial charge in [0.25, 0.3) is 0 Å². The molecule has 0 spiro atoms. The van der Waals surface area contributed by atoms with Crippen LogP contribution in [0.4, 0.5) is 8.63 Å². The molecule has 1 aromatic heterocycles. The van der Waals surface area contributed by atoms with Crippen molar-refractivity contribution < 1.29 is 17.9 Å². The molecule has 0 saturated carbocycles. The highest BCUT2D eigenvalue weighted by atomic mass is 19.3. The molecule has 2 aliphatic rings. The summed E-state index contributed by atoms with van der Waals surface area (Å²) in [5, 5.41) is 0. The van der Waals surface area contributed by atoms with Gasteiger partial charge in [0, 0.05) is 28.5 Å². The van der Waals surface area contributed by atoms with Crippen molar-refractivity contribution in [3.8, 4) is 35.9 Å². The normalized spacial score (nSPS) is 17.6. The van der Waals surface area contributed by atoms with Gasteiger partial charge in [-0.15, -0.1) is 12.8 Å². The largest absolute Gasteiger partial charge is 0.726 e. The van der Waals surface area contributed by atoms with Gasteiger partial charge in [-0.25, -0.2) is 4.99 Å². The Morgan fingerprint density at radius 2 is 1.38 bits per heavy atom. The van der Waals surface area contributed by atoms with Gasteiger partial charge in [-0.2, -0.15) is 0 Å². The Balaban J connectivity index is 1.71. The summed E-state index contributed by atoms with van der Waals surface area (Å²) in [5.41, 5.74) is 9.39. The number of nitrogens with one attached hydrogen (secondary N) is 1. The van der Waals surface area contributed by atoms with E-state index in [2.05, 4.69) is 16.8 Å². The lowest BCUT2D eigenvalue weighted by Crippen LogP contribution is -2.34. The average Bonchev–Trinajstić information content (AvgIpc) is 3.58. The van der Waals surface area contributed by atoms with Crippen molar-refractivity contribution in [3.63, 3.8) is 0 Å². The fourth-order valence-corrected chi connectivity index (χ4v) is 5.83.